The van der Waals surface area contributed by atoms with E-state index >= 15 is 0 Å². The first-order valence-corrected chi connectivity index (χ1v) is 11.0. The monoisotopic (exact) mass is 408 g/mol. The Kier molecular flexibility index (Phi) is 10.2. The Hall–Kier alpha value is -1.34. The second kappa shape index (κ2) is 12.4. The molecule has 0 spiro atoms. The molecule has 1 aromatic rings. The van der Waals surface area contributed by atoms with Crippen molar-refractivity contribution in [2.75, 3.05) is 46.5 Å². The van der Waals surface area contributed by atoms with E-state index in [9.17, 15) is 10.2 Å². The lowest BCUT2D eigenvalue weighted by Crippen LogP contribution is -2.37. The van der Waals surface area contributed by atoms with Gasteiger partial charge in [0.1, 0.15) is 12.7 Å². The van der Waals surface area contributed by atoms with Gasteiger partial charge in [-0.3, -0.25) is 0 Å². The minimum Gasteiger partial charge on any atom is -0.493 e. The number of likely N-dealkylation sites (tertiary alicyclic amines) is 1. The fourth-order valence-corrected chi connectivity index (χ4v) is 3.57. The molecule has 6 heteroatoms. The lowest BCUT2D eigenvalue weighted by molar-refractivity contribution is 0.0645. The van der Waals surface area contributed by atoms with Gasteiger partial charge < -0.3 is 29.9 Å². The van der Waals surface area contributed by atoms with Crippen molar-refractivity contribution in [3.8, 4) is 11.5 Å². The Morgan fingerprint density at radius 2 is 1.79 bits per heavy atom. The highest BCUT2D eigenvalue weighted by Gasteiger charge is 2.17. The topological polar surface area (TPSA) is 74.2 Å². The first-order valence-electron chi connectivity index (χ1n) is 11.0. The Morgan fingerprint density at radius 1 is 1.10 bits per heavy atom. The molecule has 6 nitrogen and oxygen atoms in total. The van der Waals surface area contributed by atoms with Crippen LogP contribution in [0, 0.1) is 5.41 Å². The number of methoxy groups -OCH3 is 1. The summed E-state index contributed by atoms with van der Waals surface area (Å²) in [7, 11) is 1.63. The van der Waals surface area contributed by atoms with Crippen molar-refractivity contribution in [1.82, 2.24) is 10.2 Å². The zero-order chi connectivity index (χ0) is 21.1. The van der Waals surface area contributed by atoms with Crippen molar-refractivity contribution in [2.24, 2.45) is 5.41 Å². The van der Waals surface area contributed by atoms with Crippen molar-refractivity contribution in [3.05, 3.63) is 23.8 Å². The van der Waals surface area contributed by atoms with Crippen LogP contribution in [0.15, 0.2) is 18.2 Å². The molecule has 0 aromatic heterocycles. The van der Waals surface area contributed by atoms with Gasteiger partial charge in [-0.05, 0) is 43.6 Å². The SMILES string of the molecule is COc1cc(CNCC(C)(C)CO)ccc1OC[C@H](O)CN1CCCCCCC1. The summed E-state index contributed by atoms with van der Waals surface area (Å²) < 4.78 is 11.3. The lowest BCUT2D eigenvalue weighted by atomic mass is 9.95. The number of ether oxygens (including phenoxy) is 2. The van der Waals surface area contributed by atoms with Crippen LogP contribution in [0.4, 0.5) is 0 Å². The maximum Gasteiger partial charge on any atom is 0.161 e. The standard InChI is InChI=1S/C23H40N2O4/c1-23(2,18-26)17-24-14-19-9-10-21(22(13-19)28-3)29-16-20(27)15-25-11-7-5-4-6-8-12-25/h9-10,13,20,24,26-27H,4-8,11-12,14-18H2,1-3H3/t20-/m1/s1. The molecule has 1 saturated heterocycles. The highest BCUT2D eigenvalue weighted by molar-refractivity contribution is 5.43. The Bertz CT molecular complexity index is 586. The lowest BCUT2D eigenvalue weighted by Gasteiger charge is -2.26. The van der Waals surface area contributed by atoms with Crippen LogP contribution in [-0.4, -0.2) is 67.7 Å². The van der Waals surface area contributed by atoms with E-state index < -0.39 is 6.10 Å². The van der Waals surface area contributed by atoms with Crippen LogP contribution in [0.2, 0.25) is 0 Å². The van der Waals surface area contributed by atoms with Gasteiger partial charge in [0.25, 0.3) is 0 Å². The molecule has 0 radical (unpaired) electrons. The highest BCUT2D eigenvalue weighted by Crippen LogP contribution is 2.28. The van der Waals surface area contributed by atoms with Crippen LogP contribution in [0.25, 0.3) is 0 Å². The van der Waals surface area contributed by atoms with Crippen LogP contribution >= 0.6 is 0 Å². The fraction of sp³-hybridized carbons (Fsp3) is 0.739. The van der Waals surface area contributed by atoms with Crippen molar-refractivity contribution < 1.29 is 19.7 Å². The smallest absolute Gasteiger partial charge is 0.161 e. The summed E-state index contributed by atoms with van der Waals surface area (Å²) in [5, 5.41) is 23.1. The van der Waals surface area contributed by atoms with Crippen LogP contribution < -0.4 is 14.8 Å². The summed E-state index contributed by atoms with van der Waals surface area (Å²) in [6.45, 7) is 8.66. The Balaban J connectivity index is 1.81. The second-order valence-corrected chi connectivity index (χ2v) is 8.94. The zero-order valence-corrected chi connectivity index (χ0v) is 18.5. The first-order chi connectivity index (χ1) is 13.9. The quantitative estimate of drug-likeness (QED) is 0.523. The molecule has 0 amide bonds. The van der Waals surface area contributed by atoms with Gasteiger partial charge in [-0.2, -0.15) is 0 Å². The van der Waals surface area contributed by atoms with Gasteiger partial charge in [0, 0.05) is 31.7 Å². The molecule has 1 atom stereocenters. The van der Waals surface area contributed by atoms with E-state index in [0.29, 0.717) is 24.6 Å². The fourth-order valence-electron chi connectivity index (χ4n) is 3.57. The summed E-state index contributed by atoms with van der Waals surface area (Å²) in [5.41, 5.74) is 0.944. The summed E-state index contributed by atoms with van der Waals surface area (Å²) in [4.78, 5) is 2.35. The molecule has 0 bridgehead atoms. The van der Waals surface area contributed by atoms with Gasteiger partial charge in [-0.1, -0.05) is 39.2 Å². The molecular formula is C23H40N2O4. The van der Waals surface area contributed by atoms with E-state index in [-0.39, 0.29) is 18.6 Å². The van der Waals surface area contributed by atoms with E-state index in [1.165, 1.54) is 32.1 Å². The minimum absolute atomic E-state index is 0.143. The summed E-state index contributed by atoms with van der Waals surface area (Å²) in [6, 6.07) is 5.86. The van der Waals surface area contributed by atoms with Crippen LogP contribution in [0.5, 0.6) is 11.5 Å². The van der Waals surface area contributed by atoms with Gasteiger partial charge in [-0.15, -0.1) is 0 Å². The number of rotatable bonds is 11. The summed E-state index contributed by atoms with van der Waals surface area (Å²) in [6.07, 6.45) is 5.84. The van der Waals surface area contributed by atoms with Crippen molar-refractivity contribution in [1.29, 1.82) is 0 Å². The average Bonchev–Trinajstić information content (AvgIpc) is 2.68. The second-order valence-electron chi connectivity index (χ2n) is 8.94. The van der Waals surface area contributed by atoms with Gasteiger partial charge in [0.2, 0.25) is 0 Å². The van der Waals surface area contributed by atoms with E-state index in [2.05, 4.69) is 10.2 Å². The number of aliphatic hydroxyl groups excluding tert-OH is 2. The predicted octanol–water partition coefficient (Wildman–Crippen LogP) is 2.81. The van der Waals surface area contributed by atoms with Gasteiger partial charge in [0.05, 0.1) is 7.11 Å². The molecule has 0 unspecified atom stereocenters. The molecule has 0 saturated carbocycles. The Labute approximate surface area is 176 Å². The predicted molar refractivity (Wildman–Crippen MR) is 117 cm³/mol. The maximum atomic E-state index is 10.4. The van der Waals surface area contributed by atoms with Gasteiger partial charge >= 0.3 is 0 Å². The molecule has 1 aliphatic rings. The normalized spacial score (nSPS) is 17.4. The Morgan fingerprint density at radius 3 is 2.45 bits per heavy atom. The van der Waals surface area contributed by atoms with Gasteiger partial charge in [0.15, 0.2) is 11.5 Å². The van der Waals surface area contributed by atoms with E-state index in [1.807, 2.05) is 32.0 Å². The highest BCUT2D eigenvalue weighted by atomic mass is 16.5. The third kappa shape index (κ3) is 8.91. The number of nitrogens with one attached hydrogen (secondary N) is 1. The number of benzene rings is 1. The van der Waals surface area contributed by atoms with Gasteiger partial charge in [-0.25, -0.2) is 0 Å². The number of hydrogen-bond donors (Lipinski definition) is 3. The number of aliphatic hydroxyl groups is 2. The van der Waals surface area contributed by atoms with Crippen molar-refractivity contribution in [3.63, 3.8) is 0 Å². The molecule has 1 fully saturated rings. The van der Waals surface area contributed by atoms with Crippen LogP contribution in [0.3, 0.4) is 0 Å². The van der Waals surface area contributed by atoms with E-state index in [1.54, 1.807) is 7.11 Å². The molecule has 166 valence electrons. The maximum absolute atomic E-state index is 10.4. The van der Waals surface area contributed by atoms with Crippen LogP contribution in [0.1, 0.15) is 51.5 Å². The zero-order valence-electron chi connectivity index (χ0n) is 18.5. The number of β-amino-alcohol motifs (C(OH)–C–C–N with tert-alkyl or cyclic N) is 1. The molecule has 0 aliphatic carbocycles. The molecule has 1 aromatic carbocycles. The molecule has 1 heterocycles. The van der Waals surface area contributed by atoms with Crippen molar-refractivity contribution >= 4 is 0 Å². The summed E-state index contributed by atoms with van der Waals surface area (Å²) in [5.74, 6) is 1.32. The summed E-state index contributed by atoms with van der Waals surface area (Å²) >= 11 is 0. The van der Waals surface area contributed by atoms with E-state index in [4.69, 9.17) is 9.47 Å². The molecule has 3 N–H and O–H groups in total. The third-order valence-electron chi connectivity index (χ3n) is 5.44. The first kappa shape index (κ1) is 23.9. The average molecular weight is 409 g/mol. The molecule has 29 heavy (non-hydrogen) atoms. The van der Waals surface area contributed by atoms with Crippen molar-refractivity contribution in [2.45, 2.75) is 58.6 Å². The largest absolute Gasteiger partial charge is 0.493 e. The number of hydrogen-bond acceptors (Lipinski definition) is 6. The van der Waals surface area contributed by atoms with E-state index in [0.717, 1.165) is 25.2 Å². The molecular weight excluding hydrogens is 368 g/mol. The molecule has 1 aliphatic heterocycles. The number of nitrogens with zero attached hydrogens (tertiary/aromatic N) is 1. The third-order valence-corrected chi connectivity index (χ3v) is 5.44. The minimum atomic E-state index is -0.513. The van der Waals surface area contributed by atoms with Crippen LogP contribution in [-0.2, 0) is 6.54 Å². The molecule has 2 rings (SSSR count).